The number of carbonyl (C=O) groups is 1. The molecule has 0 aliphatic heterocycles. The molecule has 0 bridgehead atoms. The van der Waals surface area contributed by atoms with Crippen LogP contribution in [0.15, 0.2) is 0 Å². The second-order valence-corrected chi connectivity index (χ2v) is 0.726. The van der Waals surface area contributed by atoms with E-state index in [0.29, 0.717) is 0 Å². The maximum atomic E-state index is 9.26. The van der Waals surface area contributed by atoms with Crippen LogP contribution in [0.5, 0.6) is 0 Å². The van der Waals surface area contributed by atoms with Crippen LogP contribution in [-0.2, 0) is 4.79 Å². The topological polar surface area (TPSA) is 100 Å². The van der Waals surface area contributed by atoms with Crippen LogP contribution in [0.3, 0.4) is 0 Å². The van der Waals surface area contributed by atoms with Gasteiger partial charge in [0.25, 0.3) is 0 Å². The van der Waals surface area contributed by atoms with Gasteiger partial charge in [-0.05, 0) is 6.42 Å². The third-order valence-corrected chi connectivity index (χ3v) is 0.289. The van der Waals surface area contributed by atoms with Crippen LogP contribution in [-0.4, -0.2) is 42.8 Å². The average molecular weight is 222 g/mol. The Bertz CT molecular complexity index is 46.5. The Kier molecular flexibility index (Phi) is 47.0. The molecule has 0 heterocycles. The SMILES string of the molecule is CCC(=O)[O-].[In+3].[OH-].[OH-]. The Morgan fingerprint density at radius 1 is 1.50 bits per heavy atom. The smallest absolute Gasteiger partial charge is 0.870 e. The largest absolute Gasteiger partial charge is 3.00 e. The van der Waals surface area contributed by atoms with Crippen molar-refractivity contribution >= 4 is 31.8 Å². The maximum absolute atomic E-state index is 9.26. The number of rotatable bonds is 1. The van der Waals surface area contributed by atoms with Gasteiger partial charge in [-0.2, -0.15) is 0 Å². The minimum absolute atomic E-state index is 0. The fourth-order valence-corrected chi connectivity index (χ4v) is 0. The van der Waals surface area contributed by atoms with Gasteiger partial charge < -0.3 is 20.9 Å². The number of hydrogen-bond acceptors (Lipinski definition) is 4. The average Bonchev–Trinajstić information content (AvgIpc) is 1.38. The second-order valence-electron chi connectivity index (χ2n) is 0.726. The third kappa shape index (κ3) is 33.9. The van der Waals surface area contributed by atoms with Gasteiger partial charge in [0.05, 0.1) is 0 Å². The summed E-state index contributed by atoms with van der Waals surface area (Å²) in [5.41, 5.74) is 0. The van der Waals surface area contributed by atoms with Gasteiger partial charge in [-0.15, -0.1) is 0 Å². The molecular weight excluding hydrogens is 215 g/mol. The Balaban J connectivity index is -0.0000000267. The molecule has 0 aliphatic rings. The van der Waals surface area contributed by atoms with Crippen molar-refractivity contribution in [2.24, 2.45) is 0 Å². The molecule has 0 saturated heterocycles. The summed E-state index contributed by atoms with van der Waals surface area (Å²) >= 11 is 0. The zero-order chi connectivity index (χ0) is 4.28. The van der Waals surface area contributed by atoms with Crippen molar-refractivity contribution in [3.63, 3.8) is 0 Å². The molecule has 0 aliphatic carbocycles. The van der Waals surface area contributed by atoms with E-state index in [1.165, 1.54) is 6.92 Å². The molecule has 46 valence electrons. The molecule has 0 aromatic rings. The van der Waals surface area contributed by atoms with E-state index in [4.69, 9.17) is 0 Å². The first-order valence-electron chi connectivity index (χ1n) is 1.47. The molecule has 4 nitrogen and oxygen atoms in total. The van der Waals surface area contributed by atoms with Crippen LogP contribution < -0.4 is 5.11 Å². The predicted molar refractivity (Wildman–Crippen MR) is 24.9 cm³/mol. The van der Waals surface area contributed by atoms with Gasteiger partial charge in [0.1, 0.15) is 0 Å². The number of carboxylic acids is 1. The first kappa shape index (κ1) is 24.0. The fourth-order valence-electron chi connectivity index (χ4n) is 0. The van der Waals surface area contributed by atoms with Crippen LogP contribution in [0.2, 0.25) is 0 Å². The van der Waals surface area contributed by atoms with Crippen LogP contribution in [0.4, 0.5) is 0 Å². The molecule has 2 N–H and O–H groups in total. The molecule has 0 aromatic heterocycles. The van der Waals surface area contributed by atoms with Gasteiger partial charge in [0, 0.05) is 5.97 Å². The summed E-state index contributed by atoms with van der Waals surface area (Å²) in [7, 11) is 0. The number of aliphatic carboxylic acids is 1. The van der Waals surface area contributed by atoms with E-state index in [-0.39, 0.29) is 43.2 Å². The van der Waals surface area contributed by atoms with E-state index in [2.05, 4.69) is 0 Å². The molecule has 8 heavy (non-hydrogen) atoms. The summed E-state index contributed by atoms with van der Waals surface area (Å²) in [6, 6.07) is 0. The second kappa shape index (κ2) is 15.7. The molecule has 0 spiro atoms. The Hall–Kier alpha value is 0.260. The van der Waals surface area contributed by atoms with E-state index in [1.807, 2.05) is 0 Å². The molecule has 0 amide bonds. The molecule has 0 unspecified atom stereocenters. The molecule has 0 saturated carbocycles. The Morgan fingerprint density at radius 2 is 1.62 bits per heavy atom. The molecule has 5 heteroatoms. The van der Waals surface area contributed by atoms with Crippen LogP contribution in [0, 0.1) is 0 Å². The quantitative estimate of drug-likeness (QED) is 0.533. The number of carbonyl (C=O) groups excluding carboxylic acids is 1. The van der Waals surface area contributed by atoms with Crippen LogP contribution >= 0.6 is 0 Å². The molecule has 0 radical (unpaired) electrons. The fraction of sp³-hybridized carbons (Fsp3) is 0.667. The van der Waals surface area contributed by atoms with Crippen molar-refractivity contribution in [1.29, 1.82) is 0 Å². The summed E-state index contributed by atoms with van der Waals surface area (Å²) in [5.74, 6) is -0.995. The number of hydrogen-bond donors (Lipinski definition) is 0. The molecule has 0 atom stereocenters. The summed E-state index contributed by atoms with van der Waals surface area (Å²) in [6.07, 6.45) is 0.111. The molecule has 0 rings (SSSR count). The van der Waals surface area contributed by atoms with E-state index in [1.54, 1.807) is 0 Å². The summed E-state index contributed by atoms with van der Waals surface area (Å²) in [4.78, 5) is 9.26. The van der Waals surface area contributed by atoms with Gasteiger partial charge in [0.15, 0.2) is 0 Å². The monoisotopic (exact) mass is 222 g/mol. The van der Waals surface area contributed by atoms with E-state index in [9.17, 15) is 9.90 Å². The molecule has 0 fully saturated rings. The van der Waals surface area contributed by atoms with Gasteiger partial charge in [-0.25, -0.2) is 0 Å². The van der Waals surface area contributed by atoms with E-state index >= 15 is 0 Å². The molecule has 0 aromatic carbocycles. The Morgan fingerprint density at radius 3 is 1.62 bits per heavy atom. The first-order chi connectivity index (χ1) is 2.27. The van der Waals surface area contributed by atoms with Crippen molar-refractivity contribution in [3.8, 4) is 0 Å². The van der Waals surface area contributed by atoms with Crippen molar-refractivity contribution in [2.45, 2.75) is 13.3 Å². The normalized spacial score (nSPS) is 4.62. The minimum Gasteiger partial charge on any atom is -0.870 e. The predicted octanol–water partition coefficient (Wildman–Crippen LogP) is -1.59. The van der Waals surface area contributed by atoms with Gasteiger partial charge in [-0.1, -0.05) is 6.92 Å². The molecular formula is C3H7InO4. The van der Waals surface area contributed by atoms with Gasteiger partial charge in [-0.3, -0.25) is 0 Å². The summed E-state index contributed by atoms with van der Waals surface area (Å²) in [6.45, 7) is 1.54. The Labute approximate surface area is 66.3 Å². The standard InChI is InChI=1S/C3H6O2.In.2H2O/c1-2-3(4)5;;;/h2H2,1H3,(H,4,5);;2*1H2/q;+3;;/p-3. The minimum atomic E-state index is -0.995. The number of carboxylic acid groups (broad SMARTS) is 1. The van der Waals surface area contributed by atoms with Crippen molar-refractivity contribution in [1.82, 2.24) is 0 Å². The van der Waals surface area contributed by atoms with Gasteiger partial charge >= 0.3 is 25.8 Å². The first-order valence-corrected chi connectivity index (χ1v) is 1.47. The van der Waals surface area contributed by atoms with Gasteiger partial charge in [0.2, 0.25) is 0 Å². The third-order valence-electron chi connectivity index (χ3n) is 0.289. The summed E-state index contributed by atoms with van der Waals surface area (Å²) in [5, 5.41) is 9.26. The van der Waals surface area contributed by atoms with Crippen molar-refractivity contribution < 1.29 is 20.9 Å². The maximum Gasteiger partial charge on any atom is 3.00 e. The van der Waals surface area contributed by atoms with Crippen molar-refractivity contribution in [2.75, 3.05) is 0 Å². The van der Waals surface area contributed by atoms with Crippen LogP contribution in [0.25, 0.3) is 0 Å². The van der Waals surface area contributed by atoms with Crippen molar-refractivity contribution in [3.05, 3.63) is 0 Å². The zero-order valence-corrected chi connectivity index (χ0v) is 7.79. The van der Waals surface area contributed by atoms with Crippen LogP contribution in [0.1, 0.15) is 13.3 Å². The summed E-state index contributed by atoms with van der Waals surface area (Å²) < 4.78 is 0. The van der Waals surface area contributed by atoms with E-state index < -0.39 is 5.97 Å². The zero-order valence-electron chi connectivity index (χ0n) is 4.50. The van der Waals surface area contributed by atoms with E-state index in [0.717, 1.165) is 0 Å².